The molecule has 5 heterocycles. The number of hydrogen-bond donors (Lipinski definition) is 1. The Morgan fingerprint density at radius 2 is 1.88 bits per heavy atom. The van der Waals surface area contributed by atoms with Crippen LogP contribution in [0.4, 0.5) is 5.82 Å². The number of rotatable bonds is 1. The number of fused-ring (bicyclic) bond motifs is 3. The van der Waals surface area contributed by atoms with Crippen LogP contribution in [-0.2, 0) is 4.74 Å². The molecule has 2 bridgehead atoms. The third-order valence-electron chi connectivity index (χ3n) is 5.61. The molecule has 1 N–H and O–H groups in total. The van der Waals surface area contributed by atoms with Crippen molar-refractivity contribution in [1.29, 1.82) is 0 Å². The van der Waals surface area contributed by atoms with E-state index in [1.54, 1.807) is 6.20 Å². The molecular formula is C18H18Cl2N4O. The monoisotopic (exact) mass is 376 g/mol. The number of nitrogens with zero attached hydrogens (tertiary/aromatic N) is 3. The molecule has 3 fully saturated rings. The number of nitrogens with one attached hydrogen (secondary N) is 1. The summed E-state index contributed by atoms with van der Waals surface area (Å²) >= 11 is 12.2. The van der Waals surface area contributed by atoms with Crippen LogP contribution in [0.3, 0.4) is 0 Å². The van der Waals surface area contributed by atoms with Crippen LogP contribution in [0.25, 0.3) is 10.8 Å². The van der Waals surface area contributed by atoms with E-state index >= 15 is 0 Å². The Morgan fingerprint density at radius 1 is 1.12 bits per heavy atom. The van der Waals surface area contributed by atoms with E-state index < -0.39 is 0 Å². The van der Waals surface area contributed by atoms with Crippen LogP contribution in [0.2, 0.25) is 10.0 Å². The number of hydrogen-bond acceptors (Lipinski definition) is 5. The molecule has 2 aromatic rings. The fourth-order valence-corrected chi connectivity index (χ4v) is 4.61. The Balaban J connectivity index is 1.36. The van der Waals surface area contributed by atoms with E-state index in [2.05, 4.69) is 20.2 Å². The van der Waals surface area contributed by atoms with Crippen LogP contribution < -0.4 is 5.32 Å². The lowest BCUT2D eigenvalue weighted by atomic mass is 9.75. The minimum Gasteiger partial charge on any atom is -0.455 e. The SMILES string of the molecule is Clc1cc2cnc(NC3=NCC4(CN5CCC4CC5)O3)cc2cc1Cl. The van der Waals surface area contributed by atoms with Crippen molar-refractivity contribution in [3.63, 3.8) is 0 Å². The van der Waals surface area contributed by atoms with E-state index in [0.717, 1.165) is 23.9 Å². The van der Waals surface area contributed by atoms with Gasteiger partial charge in [-0.3, -0.25) is 10.2 Å². The number of piperidine rings is 3. The fourth-order valence-electron chi connectivity index (χ4n) is 4.26. The summed E-state index contributed by atoms with van der Waals surface area (Å²) in [5.74, 6) is 1.30. The third-order valence-corrected chi connectivity index (χ3v) is 6.33. The standard InChI is InChI=1S/C18H18Cl2N4O/c19-14-5-11-7-16(21-8-12(11)6-15(14)20)23-17-22-9-18(25-17)10-24-3-1-13(18)2-4-24/h5-8,13H,1-4,9-10H2,(H,21,22,23). The maximum atomic E-state index is 6.29. The maximum Gasteiger partial charge on any atom is 0.291 e. The minimum atomic E-state index is -0.146. The number of anilines is 1. The zero-order chi connectivity index (χ0) is 17.0. The topological polar surface area (TPSA) is 49.8 Å². The molecule has 25 heavy (non-hydrogen) atoms. The zero-order valence-electron chi connectivity index (χ0n) is 13.6. The molecule has 1 aromatic carbocycles. The summed E-state index contributed by atoms with van der Waals surface area (Å²) in [4.78, 5) is 11.5. The molecule has 4 aliphatic rings. The van der Waals surface area contributed by atoms with Gasteiger partial charge in [-0.25, -0.2) is 9.98 Å². The molecular weight excluding hydrogens is 359 g/mol. The van der Waals surface area contributed by atoms with Crippen molar-refractivity contribution in [2.75, 3.05) is 31.5 Å². The van der Waals surface area contributed by atoms with E-state index in [-0.39, 0.29) is 5.60 Å². The maximum absolute atomic E-state index is 6.29. The molecule has 0 radical (unpaired) electrons. The van der Waals surface area contributed by atoms with Crippen LogP contribution in [0, 0.1) is 5.92 Å². The van der Waals surface area contributed by atoms with Gasteiger partial charge >= 0.3 is 0 Å². The molecule has 7 heteroatoms. The van der Waals surface area contributed by atoms with Crippen LogP contribution in [0.15, 0.2) is 29.4 Å². The molecule has 1 aromatic heterocycles. The first-order chi connectivity index (χ1) is 12.1. The highest BCUT2D eigenvalue weighted by molar-refractivity contribution is 6.42. The Morgan fingerprint density at radius 3 is 2.60 bits per heavy atom. The van der Waals surface area contributed by atoms with Gasteiger partial charge in [-0.15, -0.1) is 0 Å². The second-order valence-electron chi connectivity index (χ2n) is 7.15. The van der Waals surface area contributed by atoms with Gasteiger partial charge in [0.05, 0.1) is 16.6 Å². The smallest absolute Gasteiger partial charge is 0.291 e. The highest BCUT2D eigenvalue weighted by atomic mass is 35.5. The number of ether oxygens (including phenoxy) is 1. The molecule has 6 rings (SSSR count). The lowest BCUT2D eigenvalue weighted by Gasteiger charge is -2.50. The second-order valence-corrected chi connectivity index (χ2v) is 7.96. The molecule has 0 aliphatic carbocycles. The molecule has 130 valence electrons. The van der Waals surface area contributed by atoms with Crippen molar-refractivity contribution < 1.29 is 4.74 Å². The molecule has 1 unspecified atom stereocenters. The van der Waals surface area contributed by atoms with Crippen molar-refractivity contribution in [1.82, 2.24) is 9.88 Å². The van der Waals surface area contributed by atoms with Gasteiger partial charge in [0.2, 0.25) is 0 Å². The van der Waals surface area contributed by atoms with Gasteiger partial charge in [0.25, 0.3) is 6.02 Å². The van der Waals surface area contributed by atoms with Crippen molar-refractivity contribution in [2.24, 2.45) is 10.9 Å². The number of aliphatic imine (C=N–C) groups is 1. The Bertz CT molecular complexity index is 879. The number of amidine groups is 1. The highest BCUT2D eigenvalue weighted by Crippen LogP contribution is 2.41. The third kappa shape index (κ3) is 2.65. The lowest BCUT2D eigenvalue weighted by Crippen LogP contribution is -2.61. The van der Waals surface area contributed by atoms with E-state index in [1.165, 1.54) is 25.9 Å². The summed E-state index contributed by atoms with van der Waals surface area (Å²) in [5.41, 5.74) is -0.146. The molecule has 1 spiro atoms. The molecule has 1 atom stereocenters. The average molecular weight is 377 g/mol. The summed E-state index contributed by atoms with van der Waals surface area (Å²) in [6, 6.07) is 6.17. The van der Waals surface area contributed by atoms with Crippen molar-refractivity contribution in [2.45, 2.75) is 18.4 Å². The predicted octanol–water partition coefficient (Wildman–Crippen LogP) is 3.80. The van der Waals surface area contributed by atoms with Gasteiger partial charge in [0.1, 0.15) is 11.4 Å². The van der Waals surface area contributed by atoms with Crippen molar-refractivity contribution in [3.05, 3.63) is 34.4 Å². The second kappa shape index (κ2) is 5.73. The normalized spacial score (nSPS) is 30.6. The number of benzene rings is 1. The first-order valence-corrected chi connectivity index (χ1v) is 9.35. The first-order valence-electron chi connectivity index (χ1n) is 8.59. The van der Waals surface area contributed by atoms with Crippen LogP contribution in [-0.4, -0.2) is 47.7 Å². The van der Waals surface area contributed by atoms with Gasteiger partial charge in [0, 0.05) is 24.0 Å². The summed E-state index contributed by atoms with van der Waals surface area (Å²) < 4.78 is 6.29. The van der Waals surface area contributed by atoms with Crippen LogP contribution >= 0.6 is 23.2 Å². The van der Waals surface area contributed by atoms with Gasteiger partial charge in [0.15, 0.2) is 0 Å². The summed E-state index contributed by atoms with van der Waals surface area (Å²) in [6.07, 6.45) is 4.19. The van der Waals surface area contributed by atoms with E-state index in [0.29, 0.717) is 27.8 Å². The molecule has 0 amide bonds. The summed E-state index contributed by atoms with van der Waals surface area (Å²) in [7, 11) is 0. The number of aromatic nitrogens is 1. The Labute approximate surface area is 156 Å². The van der Waals surface area contributed by atoms with Gasteiger partial charge < -0.3 is 4.74 Å². The minimum absolute atomic E-state index is 0.146. The van der Waals surface area contributed by atoms with E-state index in [9.17, 15) is 0 Å². The highest BCUT2D eigenvalue weighted by Gasteiger charge is 2.51. The molecule has 4 aliphatic heterocycles. The predicted molar refractivity (Wildman–Crippen MR) is 101 cm³/mol. The first kappa shape index (κ1) is 15.7. The molecule has 3 saturated heterocycles. The van der Waals surface area contributed by atoms with Gasteiger partial charge in [-0.2, -0.15) is 0 Å². The average Bonchev–Trinajstić information content (AvgIpc) is 2.99. The van der Waals surface area contributed by atoms with Crippen molar-refractivity contribution in [3.8, 4) is 0 Å². The Hall–Kier alpha value is -1.56. The van der Waals surface area contributed by atoms with E-state index in [1.807, 2.05) is 18.2 Å². The van der Waals surface area contributed by atoms with Gasteiger partial charge in [-0.05, 0) is 49.5 Å². The largest absolute Gasteiger partial charge is 0.455 e. The van der Waals surface area contributed by atoms with E-state index in [4.69, 9.17) is 27.9 Å². The molecule has 0 saturated carbocycles. The summed E-state index contributed by atoms with van der Waals surface area (Å²) in [5, 5.41) is 6.21. The number of pyridine rings is 1. The molecule has 5 nitrogen and oxygen atoms in total. The van der Waals surface area contributed by atoms with Crippen LogP contribution in [0.5, 0.6) is 0 Å². The fraction of sp³-hybridized carbons (Fsp3) is 0.444. The summed E-state index contributed by atoms with van der Waals surface area (Å²) in [6.45, 7) is 4.08. The quantitative estimate of drug-likeness (QED) is 0.821. The lowest BCUT2D eigenvalue weighted by molar-refractivity contribution is -0.0829. The zero-order valence-corrected chi connectivity index (χ0v) is 15.1. The van der Waals surface area contributed by atoms with Crippen LogP contribution in [0.1, 0.15) is 12.8 Å². The van der Waals surface area contributed by atoms with Gasteiger partial charge in [-0.1, -0.05) is 23.2 Å². The van der Waals surface area contributed by atoms with Crippen molar-refractivity contribution >= 4 is 45.8 Å². The number of halogens is 2. The Kier molecular flexibility index (Phi) is 3.59.